The lowest BCUT2D eigenvalue weighted by Crippen LogP contribution is -2.16. The smallest absolute Gasteiger partial charge is 0.416 e. The average Bonchev–Trinajstić information content (AvgIpc) is 3.12. The highest BCUT2D eigenvalue weighted by atomic mass is 32.2. The van der Waals surface area contributed by atoms with Gasteiger partial charge in [0.15, 0.2) is 5.13 Å². The first kappa shape index (κ1) is 22.6. The van der Waals surface area contributed by atoms with Crippen LogP contribution in [0.25, 0.3) is 10.4 Å². The molecule has 0 atom stereocenters. The molecule has 164 valence electrons. The van der Waals surface area contributed by atoms with Gasteiger partial charge < -0.3 is 9.84 Å². The van der Waals surface area contributed by atoms with Crippen molar-refractivity contribution in [2.75, 3.05) is 11.8 Å². The van der Waals surface area contributed by atoms with Gasteiger partial charge in [0.05, 0.1) is 23.9 Å². The lowest BCUT2D eigenvalue weighted by molar-refractivity contribution is -0.137. The Hall–Kier alpha value is -3.12. The predicted molar refractivity (Wildman–Crippen MR) is 105 cm³/mol. The second-order valence-corrected chi connectivity index (χ2v) is 8.82. The molecule has 0 saturated heterocycles. The van der Waals surface area contributed by atoms with Crippen molar-refractivity contribution in [3.63, 3.8) is 0 Å². The lowest BCUT2D eigenvalue weighted by Gasteiger charge is -2.16. The molecule has 0 bridgehead atoms. The number of rotatable bonds is 6. The van der Waals surface area contributed by atoms with Crippen molar-refractivity contribution in [2.45, 2.75) is 11.1 Å². The molecule has 0 fully saturated rings. The monoisotopic (exact) mass is 475 g/mol. The molecule has 3 aromatic rings. The number of carbonyl (C=O) groups is 1. The van der Waals surface area contributed by atoms with E-state index in [1.165, 1.54) is 6.07 Å². The van der Waals surface area contributed by atoms with Crippen LogP contribution in [0.4, 0.5) is 23.2 Å². The normalized spacial score (nSPS) is 11.9. The number of hydrogen-bond acceptors (Lipinski definition) is 5. The highest BCUT2D eigenvalue weighted by molar-refractivity contribution is 7.92. The Labute approximate surface area is 177 Å². The minimum Gasteiger partial charge on any atom is -0.495 e. The number of anilines is 1. The predicted octanol–water partition coefficient (Wildman–Crippen LogP) is 5.08. The molecular weight excluding hydrogens is 462 g/mol. The number of ether oxygens (including phenoxy) is 1. The Kier molecular flexibility index (Phi) is 5.96. The first-order valence-electron chi connectivity index (χ1n) is 8.33. The van der Waals surface area contributed by atoms with E-state index in [0.717, 1.165) is 43.5 Å². The van der Waals surface area contributed by atoms with Crippen LogP contribution in [0.1, 0.15) is 15.9 Å². The van der Waals surface area contributed by atoms with Crippen molar-refractivity contribution in [3.05, 3.63) is 64.8 Å². The number of alkyl halides is 3. The number of benzene rings is 2. The van der Waals surface area contributed by atoms with E-state index < -0.39 is 43.4 Å². The van der Waals surface area contributed by atoms with Crippen LogP contribution in [0, 0.1) is 5.13 Å². The highest BCUT2D eigenvalue weighted by Crippen LogP contribution is 2.39. The molecule has 2 N–H and O–H groups in total. The first-order chi connectivity index (χ1) is 14.4. The fourth-order valence-corrected chi connectivity index (χ4v) is 4.74. The van der Waals surface area contributed by atoms with Gasteiger partial charge in [0.25, 0.3) is 10.0 Å². The molecule has 0 radical (unpaired) electrons. The zero-order chi connectivity index (χ0) is 23.0. The van der Waals surface area contributed by atoms with E-state index in [1.807, 2.05) is 4.72 Å². The number of methoxy groups -OCH3 is 1. The van der Waals surface area contributed by atoms with E-state index >= 15 is 0 Å². The van der Waals surface area contributed by atoms with Crippen molar-refractivity contribution < 1.29 is 40.6 Å². The molecule has 0 spiro atoms. The van der Waals surface area contributed by atoms with Gasteiger partial charge in [0.2, 0.25) is 0 Å². The second-order valence-electron chi connectivity index (χ2n) is 6.14. The fraction of sp³-hybridized carbons (Fsp3) is 0.105. The topological polar surface area (TPSA) is 92.7 Å². The third-order valence-corrected chi connectivity index (χ3v) is 6.42. The standard InChI is InChI=1S/C19H13F4NO5S2/c1-29-14-5-2-10(18(25)26)8-16(14)31(27,28)24-13-9-11(19(21,22)23)3-4-12(13)15-6-7-17(20)30-15/h2-9,24H,1H3,(H,25,26). The van der Waals surface area contributed by atoms with E-state index in [4.69, 9.17) is 9.84 Å². The molecule has 0 aliphatic heterocycles. The Morgan fingerprint density at radius 1 is 1.10 bits per heavy atom. The second kappa shape index (κ2) is 8.19. The maximum atomic E-state index is 13.5. The molecule has 1 heterocycles. The number of halogens is 4. The number of hydrogen-bond donors (Lipinski definition) is 2. The van der Waals surface area contributed by atoms with Crippen molar-refractivity contribution >= 4 is 33.0 Å². The van der Waals surface area contributed by atoms with Crippen LogP contribution >= 0.6 is 11.3 Å². The maximum Gasteiger partial charge on any atom is 0.416 e. The summed E-state index contributed by atoms with van der Waals surface area (Å²) in [4.78, 5) is 10.8. The summed E-state index contributed by atoms with van der Waals surface area (Å²) < 4.78 is 86.0. The van der Waals surface area contributed by atoms with Crippen LogP contribution in [-0.2, 0) is 16.2 Å². The molecular formula is C19H13F4NO5S2. The van der Waals surface area contributed by atoms with Crippen LogP contribution in [0.2, 0.25) is 0 Å². The molecule has 0 saturated carbocycles. The minimum absolute atomic E-state index is 0.0128. The zero-order valence-electron chi connectivity index (χ0n) is 15.5. The number of thiophene rings is 1. The molecule has 3 rings (SSSR count). The van der Waals surface area contributed by atoms with Crippen molar-refractivity contribution in [1.82, 2.24) is 0 Å². The largest absolute Gasteiger partial charge is 0.495 e. The van der Waals surface area contributed by atoms with E-state index in [1.54, 1.807) is 0 Å². The van der Waals surface area contributed by atoms with Gasteiger partial charge in [-0.25, -0.2) is 13.2 Å². The molecule has 0 aliphatic carbocycles. The van der Waals surface area contributed by atoms with Gasteiger partial charge in [-0.05, 0) is 42.5 Å². The number of carboxylic acid groups (broad SMARTS) is 1. The lowest BCUT2D eigenvalue weighted by atomic mass is 10.1. The Morgan fingerprint density at radius 3 is 2.35 bits per heavy atom. The van der Waals surface area contributed by atoms with Crippen molar-refractivity contribution in [1.29, 1.82) is 0 Å². The van der Waals surface area contributed by atoms with E-state index in [9.17, 15) is 30.8 Å². The fourth-order valence-electron chi connectivity index (χ4n) is 2.70. The third kappa shape index (κ3) is 4.80. The molecule has 31 heavy (non-hydrogen) atoms. The van der Waals surface area contributed by atoms with Gasteiger partial charge in [-0.2, -0.15) is 17.6 Å². The number of sulfonamides is 1. The first-order valence-corrected chi connectivity index (χ1v) is 10.6. The number of aromatic carboxylic acids is 1. The Balaban J connectivity index is 2.16. The van der Waals surface area contributed by atoms with Gasteiger partial charge in [-0.3, -0.25) is 4.72 Å². The third-order valence-electron chi connectivity index (χ3n) is 4.13. The quantitative estimate of drug-likeness (QED) is 0.485. The molecule has 0 unspecified atom stereocenters. The van der Waals surface area contributed by atoms with E-state index in [0.29, 0.717) is 17.4 Å². The van der Waals surface area contributed by atoms with Gasteiger partial charge in [0, 0.05) is 10.4 Å². The molecule has 6 nitrogen and oxygen atoms in total. The van der Waals surface area contributed by atoms with Gasteiger partial charge in [-0.1, -0.05) is 6.07 Å². The highest BCUT2D eigenvalue weighted by Gasteiger charge is 2.32. The molecule has 1 aromatic heterocycles. The summed E-state index contributed by atoms with van der Waals surface area (Å²) in [6.07, 6.45) is -4.76. The summed E-state index contributed by atoms with van der Waals surface area (Å²) in [7, 11) is -3.44. The van der Waals surface area contributed by atoms with Crippen LogP contribution in [0.3, 0.4) is 0 Å². The van der Waals surface area contributed by atoms with E-state index in [2.05, 4.69) is 0 Å². The number of carboxylic acids is 1. The summed E-state index contributed by atoms with van der Waals surface area (Å²) in [6.45, 7) is 0. The summed E-state index contributed by atoms with van der Waals surface area (Å²) >= 11 is 0.619. The van der Waals surface area contributed by atoms with Crippen LogP contribution in [-0.4, -0.2) is 26.6 Å². The number of nitrogens with one attached hydrogen (secondary N) is 1. The SMILES string of the molecule is COc1ccc(C(=O)O)cc1S(=O)(=O)Nc1cc(C(F)(F)F)ccc1-c1ccc(F)s1. The molecule has 2 aromatic carbocycles. The van der Waals surface area contributed by atoms with Gasteiger partial charge in [0.1, 0.15) is 10.6 Å². The zero-order valence-corrected chi connectivity index (χ0v) is 17.2. The Bertz CT molecular complexity index is 1250. The average molecular weight is 475 g/mol. The molecule has 0 amide bonds. The molecule has 12 heteroatoms. The minimum atomic E-state index is -4.76. The van der Waals surface area contributed by atoms with Crippen LogP contribution in [0.5, 0.6) is 5.75 Å². The summed E-state index contributed by atoms with van der Waals surface area (Å²) in [5.74, 6) is -1.62. The van der Waals surface area contributed by atoms with Crippen LogP contribution in [0.15, 0.2) is 53.4 Å². The van der Waals surface area contributed by atoms with Crippen molar-refractivity contribution in [2.24, 2.45) is 0 Å². The van der Waals surface area contributed by atoms with Gasteiger partial charge >= 0.3 is 12.1 Å². The summed E-state index contributed by atoms with van der Waals surface area (Å²) in [6, 6.07) is 7.79. The van der Waals surface area contributed by atoms with E-state index in [-0.39, 0.29) is 21.8 Å². The Morgan fingerprint density at radius 2 is 1.81 bits per heavy atom. The maximum absolute atomic E-state index is 13.5. The van der Waals surface area contributed by atoms with Crippen molar-refractivity contribution in [3.8, 4) is 16.2 Å². The molecule has 0 aliphatic rings. The summed E-state index contributed by atoms with van der Waals surface area (Å²) in [5, 5.41) is 8.52. The summed E-state index contributed by atoms with van der Waals surface area (Å²) in [5.41, 5.74) is -1.94. The van der Waals surface area contributed by atoms with Gasteiger partial charge in [-0.15, -0.1) is 11.3 Å². The van der Waals surface area contributed by atoms with Crippen LogP contribution < -0.4 is 9.46 Å².